The van der Waals surface area contributed by atoms with Crippen LogP contribution in [-0.2, 0) is 6.42 Å². The van der Waals surface area contributed by atoms with Crippen molar-refractivity contribution in [2.75, 3.05) is 6.54 Å². The number of aromatic nitrogens is 1. The summed E-state index contributed by atoms with van der Waals surface area (Å²) >= 11 is 6.28. The van der Waals surface area contributed by atoms with E-state index < -0.39 is 0 Å². The van der Waals surface area contributed by atoms with Crippen molar-refractivity contribution in [3.8, 4) is 0 Å². The van der Waals surface area contributed by atoms with E-state index in [-0.39, 0.29) is 24.4 Å². The Hall–Kier alpha value is -2.26. The SMILES string of the molecule is Cl.Clc1ccc2[nH]c3c(c2c1)CCNC3C(c1ccccc1)c1ccccc1. The summed E-state index contributed by atoms with van der Waals surface area (Å²) in [6, 6.07) is 27.9. The number of rotatable bonds is 3. The van der Waals surface area contributed by atoms with Gasteiger partial charge in [0.2, 0.25) is 0 Å². The Balaban J connectivity index is 0.00000192. The highest BCUT2D eigenvalue weighted by atomic mass is 35.5. The molecule has 5 rings (SSSR count). The predicted octanol–water partition coefficient (Wildman–Crippen LogP) is 6.26. The molecule has 28 heavy (non-hydrogen) atoms. The quantitative estimate of drug-likeness (QED) is 0.411. The number of hydrogen-bond donors (Lipinski definition) is 2. The minimum Gasteiger partial charge on any atom is -0.357 e. The largest absolute Gasteiger partial charge is 0.357 e. The van der Waals surface area contributed by atoms with Crippen molar-refractivity contribution in [1.29, 1.82) is 0 Å². The Morgan fingerprint density at radius 1 is 0.857 bits per heavy atom. The topological polar surface area (TPSA) is 27.8 Å². The van der Waals surface area contributed by atoms with E-state index in [2.05, 4.69) is 83.1 Å². The molecule has 1 atom stereocenters. The summed E-state index contributed by atoms with van der Waals surface area (Å²) in [5, 5.41) is 5.83. The average Bonchev–Trinajstić information content (AvgIpc) is 3.09. The Bertz CT molecular complexity index is 1030. The zero-order valence-electron chi connectivity index (χ0n) is 15.4. The molecule has 0 spiro atoms. The fourth-order valence-electron chi connectivity index (χ4n) is 4.41. The van der Waals surface area contributed by atoms with Crippen LogP contribution in [0.3, 0.4) is 0 Å². The molecule has 1 aliphatic heterocycles. The van der Waals surface area contributed by atoms with E-state index in [0.717, 1.165) is 23.5 Å². The van der Waals surface area contributed by atoms with Gasteiger partial charge in [0.25, 0.3) is 0 Å². The lowest BCUT2D eigenvalue weighted by Gasteiger charge is -2.32. The number of nitrogens with one attached hydrogen (secondary N) is 2. The normalized spacial score (nSPS) is 16.0. The van der Waals surface area contributed by atoms with Gasteiger partial charge in [0.15, 0.2) is 0 Å². The van der Waals surface area contributed by atoms with Crippen LogP contribution in [0.25, 0.3) is 10.9 Å². The van der Waals surface area contributed by atoms with Crippen LogP contribution >= 0.6 is 24.0 Å². The Labute approximate surface area is 176 Å². The van der Waals surface area contributed by atoms with Gasteiger partial charge in [-0.05, 0) is 47.9 Å². The lowest BCUT2D eigenvalue weighted by Crippen LogP contribution is -2.34. The molecule has 0 bridgehead atoms. The number of fused-ring (bicyclic) bond motifs is 3. The Morgan fingerprint density at radius 2 is 1.50 bits per heavy atom. The van der Waals surface area contributed by atoms with Gasteiger partial charge >= 0.3 is 0 Å². The van der Waals surface area contributed by atoms with E-state index in [9.17, 15) is 0 Å². The highest BCUT2D eigenvalue weighted by Crippen LogP contribution is 2.41. The summed E-state index contributed by atoms with van der Waals surface area (Å²) in [6.07, 6.45) is 1.02. The molecule has 0 radical (unpaired) electrons. The Morgan fingerprint density at radius 3 is 2.14 bits per heavy atom. The third-order valence-corrected chi connectivity index (χ3v) is 5.84. The second kappa shape index (κ2) is 8.00. The summed E-state index contributed by atoms with van der Waals surface area (Å²) in [7, 11) is 0. The first kappa shape index (κ1) is 19.1. The average molecular weight is 409 g/mol. The molecule has 1 aromatic heterocycles. The van der Waals surface area contributed by atoms with Crippen molar-refractivity contribution in [2.24, 2.45) is 0 Å². The number of halogens is 2. The minimum atomic E-state index is 0. The molecule has 1 aliphatic rings. The van der Waals surface area contributed by atoms with Gasteiger partial charge in [0.05, 0.1) is 6.04 Å². The van der Waals surface area contributed by atoms with Crippen molar-refractivity contribution in [1.82, 2.24) is 10.3 Å². The van der Waals surface area contributed by atoms with E-state index in [1.807, 2.05) is 6.07 Å². The third kappa shape index (κ3) is 3.33. The number of hydrogen-bond acceptors (Lipinski definition) is 1. The van der Waals surface area contributed by atoms with Gasteiger partial charge in [-0.2, -0.15) is 0 Å². The smallest absolute Gasteiger partial charge is 0.0586 e. The van der Waals surface area contributed by atoms with Crippen LogP contribution in [0.15, 0.2) is 78.9 Å². The summed E-state index contributed by atoms with van der Waals surface area (Å²) in [6.45, 7) is 0.966. The summed E-state index contributed by atoms with van der Waals surface area (Å²) in [5.41, 5.74) is 6.50. The van der Waals surface area contributed by atoms with Gasteiger partial charge in [0.1, 0.15) is 0 Å². The number of benzene rings is 3. The van der Waals surface area contributed by atoms with E-state index >= 15 is 0 Å². The van der Waals surface area contributed by atoms with Crippen molar-refractivity contribution in [3.05, 3.63) is 106 Å². The highest BCUT2D eigenvalue weighted by Gasteiger charge is 2.32. The first-order chi connectivity index (χ1) is 13.3. The molecule has 0 fully saturated rings. The van der Waals surface area contributed by atoms with Crippen LogP contribution in [0.4, 0.5) is 0 Å². The molecule has 1 unspecified atom stereocenters. The molecule has 4 heteroatoms. The summed E-state index contributed by atoms with van der Waals surface area (Å²) in [5.74, 6) is 0.245. The van der Waals surface area contributed by atoms with E-state index in [0.29, 0.717) is 0 Å². The van der Waals surface area contributed by atoms with Crippen molar-refractivity contribution >= 4 is 34.9 Å². The molecule has 2 N–H and O–H groups in total. The zero-order valence-corrected chi connectivity index (χ0v) is 16.9. The van der Waals surface area contributed by atoms with Gasteiger partial charge in [-0.15, -0.1) is 12.4 Å². The summed E-state index contributed by atoms with van der Waals surface area (Å²) < 4.78 is 0. The fourth-order valence-corrected chi connectivity index (χ4v) is 4.59. The first-order valence-electron chi connectivity index (χ1n) is 9.44. The van der Waals surface area contributed by atoms with Gasteiger partial charge < -0.3 is 10.3 Å². The molecule has 0 saturated heterocycles. The van der Waals surface area contributed by atoms with Gasteiger partial charge in [-0.1, -0.05) is 72.3 Å². The molecular weight excluding hydrogens is 387 g/mol. The molecule has 4 aromatic rings. The van der Waals surface area contributed by atoms with Gasteiger partial charge in [-0.25, -0.2) is 0 Å². The standard InChI is InChI=1S/C24H21ClN2.ClH/c25-18-11-12-21-20(15-18)19-13-14-26-24(23(19)27-21)22(16-7-3-1-4-8-16)17-9-5-2-6-10-17;/h1-12,15,22,24,26-27H,13-14H2;1H. The summed E-state index contributed by atoms with van der Waals surface area (Å²) in [4.78, 5) is 3.69. The van der Waals surface area contributed by atoms with Crippen molar-refractivity contribution < 1.29 is 0 Å². The highest BCUT2D eigenvalue weighted by molar-refractivity contribution is 6.31. The molecular formula is C24H22Cl2N2. The van der Waals surface area contributed by atoms with Crippen LogP contribution in [0.1, 0.15) is 34.3 Å². The lowest BCUT2D eigenvalue weighted by molar-refractivity contribution is 0.454. The maximum Gasteiger partial charge on any atom is 0.0586 e. The molecule has 0 amide bonds. The molecule has 0 saturated carbocycles. The molecule has 2 nitrogen and oxygen atoms in total. The van der Waals surface area contributed by atoms with Crippen LogP contribution < -0.4 is 5.32 Å². The molecule has 2 heterocycles. The van der Waals surface area contributed by atoms with Gasteiger partial charge in [-0.3, -0.25) is 0 Å². The van der Waals surface area contributed by atoms with E-state index in [1.54, 1.807) is 0 Å². The number of H-pyrrole nitrogens is 1. The monoisotopic (exact) mass is 408 g/mol. The first-order valence-corrected chi connectivity index (χ1v) is 9.82. The molecule has 3 aromatic carbocycles. The maximum absolute atomic E-state index is 6.28. The van der Waals surface area contributed by atoms with Crippen LogP contribution in [0.2, 0.25) is 5.02 Å². The predicted molar refractivity (Wildman–Crippen MR) is 120 cm³/mol. The van der Waals surface area contributed by atoms with E-state index in [1.165, 1.54) is 27.8 Å². The van der Waals surface area contributed by atoms with Crippen LogP contribution in [0.5, 0.6) is 0 Å². The second-order valence-electron chi connectivity index (χ2n) is 7.19. The van der Waals surface area contributed by atoms with Crippen molar-refractivity contribution in [2.45, 2.75) is 18.4 Å². The van der Waals surface area contributed by atoms with E-state index in [4.69, 9.17) is 11.6 Å². The van der Waals surface area contributed by atoms with Gasteiger partial charge in [0, 0.05) is 27.5 Å². The van der Waals surface area contributed by atoms with Crippen LogP contribution in [0, 0.1) is 0 Å². The maximum atomic E-state index is 6.28. The molecule has 0 aliphatic carbocycles. The zero-order chi connectivity index (χ0) is 18.2. The lowest BCUT2D eigenvalue weighted by atomic mass is 9.81. The number of aromatic amines is 1. The Kier molecular flexibility index (Phi) is 5.45. The third-order valence-electron chi connectivity index (χ3n) is 5.60. The molecule has 142 valence electrons. The second-order valence-corrected chi connectivity index (χ2v) is 7.62. The minimum absolute atomic E-state index is 0. The van der Waals surface area contributed by atoms with Crippen LogP contribution in [-0.4, -0.2) is 11.5 Å². The van der Waals surface area contributed by atoms with Crippen molar-refractivity contribution in [3.63, 3.8) is 0 Å². The fraction of sp³-hybridized carbons (Fsp3) is 0.167.